The molecule has 3 aromatic heterocycles. The molecule has 0 aliphatic carbocycles. The third-order valence-corrected chi connectivity index (χ3v) is 3.25. The second-order valence-electron chi connectivity index (χ2n) is 4.60. The summed E-state index contributed by atoms with van der Waals surface area (Å²) in [6.45, 7) is 0. The molecule has 0 fully saturated rings. The molecule has 3 N–H and O–H groups in total. The van der Waals surface area contributed by atoms with Crippen LogP contribution in [0.5, 0.6) is 0 Å². The van der Waals surface area contributed by atoms with E-state index in [2.05, 4.69) is 24.9 Å². The van der Waals surface area contributed by atoms with Crippen LogP contribution in [0, 0.1) is 5.82 Å². The summed E-state index contributed by atoms with van der Waals surface area (Å²) >= 11 is 0. The van der Waals surface area contributed by atoms with E-state index in [0.29, 0.717) is 16.6 Å². The topological polar surface area (TPSA) is 115 Å². The normalized spacial score (nSPS) is 11.3. The van der Waals surface area contributed by atoms with Crippen LogP contribution in [0.3, 0.4) is 0 Å². The molecular weight excluding hydrogens is 289 g/mol. The number of benzene rings is 1. The molecule has 108 valence electrons. The minimum atomic E-state index is -0.474. The van der Waals surface area contributed by atoms with Crippen molar-refractivity contribution in [2.24, 2.45) is 0 Å². The molecule has 9 heteroatoms. The molecule has 0 unspecified atom stereocenters. The fourth-order valence-electron chi connectivity index (χ4n) is 2.22. The van der Waals surface area contributed by atoms with Crippen molar-refractivity contribution in [2.75, 3.05) is 5.73 Å². The van der Waals surface area contributed by atoms with Gasteiger partial charge in [0, 0.05) is 6.07 Å². The Labute approximate surface area is 121 Å². The average Bonchev–Trinajstić information content (AvgIpc) is 2.92. The van der Waals surface area contributed by atoms with Crippen LogP contribution in [0.2, 0.25) is 0 Å². The van der Waals surface area contributed by atoms with Gasteiger partial charge in [0.25, 0.3) is 5.56 Å². The second-order valence-corrected chi connectivity index (χ2v) is 4.60. The quantitative estimate of drug-likeness (QED) is 0.536. The lowest BCUT2D eigenvalue weighted by molar-refractivity contribution is 0.629. The number of nitrogens with two attached hydrogens (primary N) is 1. The lowest BCUT2D eigenvalue weighted by Gasteiger charge is -2.04. The van der Waals surface area contributed by atoms with Crippen molar-refractivity contribution in [3.63, 3.8) is 0 Å². The van der Waals surface area contributed by atoms with Crippen LogP contribution in [0.25, 0.3) is 28.0 Å². The Morgan fingerprint density at radius 2 is 2.09 bits per heavy atom. The number of hydrogen-bond donors (Lipinski definition) is 2. The molecule has 0 spiro atoms. The summed E-state index contributed by atoms with van der Waals surface area (Å²) < 4.78 is 14.8. The summed E-state index contributed by atoms with van der Waals surface area (Å²) in [6.07, 6.45) is 2.70. The summed E-state index contributed by atoms with van der Waals surface area (Å²) in [5.74, 6) is -0.0831. The summed E-state index contributed by atoms with van der Waals surface area (Å²) in [5.41, 5.74) is 6.36. The van der Waals surface area contributed by atoms with Gasteiger partial charge in [-0.2, -0.15) is 0 Å². The molecule has 0 aliphatic heterocycles. The molecule has 0 bridgehead atoms. The van der Waals surface area contributed by atoms with Gasteiger partial charge in [-0.15, -0.1) is 0 Å². The first-order valence-electron chi connectivity index (χ1n) is 6.27. The van der Waals surface area contributed by atoms with Crippen LogP contribution in [-0.2, 0) is 0 Å². The molecule has 1 aromatic carbocycles. The van der Waals surface area contributed by atoms with Gasteiger partial charge >= 0.3 is 0 Å². The number of nitrogen functional groups attached to an aromatic ring is 1. The number of fused-ring (bicyclic) bond motifs is 2. The van der Waals surface area contributed by atoms with Gasteiger partial charge in [0.2, 0.25) is 5.95 Å². The maximum absolute atomic E-state index is 13.3. The molecular formula is C13H8FN7O. The van der Waals surface area contributed by atoms with Gasteiger partial charge in [-0.3, -0.25) is 14.3 Å². The van der Waals surface area contributed by atoms with Crippen molar-refractivity contribution in [1.29, 1.82) is 0 Å². The number of imidazole rings is 1. The maximum Gasteiger partial charge on any atom is 0.260 e. The van der Waals surface area contributed by atoms with Crippen molar-refractivity contribution in [1.82, 2.24) is 29.5 Å². The predicted octanol–water partition coefficient (Wildman–Crippen LogP) is 0.773. The Kier molecular flexibility index (Phi) is 2.43. The van der Waals surface area contributed by atoms with E-state index >= 15 is 0 Å². The Morgan fingerprint density at radius 3 is 2.95 bits per heavy atom. The van der Waals surface area contributed by atoms with Crippen LogP contribution in [0.4, 0.5) is 10.2 Å². The lowest BCUT2D eigenvalue weighted by atomic mass is 10.2. The van der Waals surface area contributed by atoms with Crippen LogP contribution in [0.1, 0.15) is 0 Å². The summed E-state index contributed by atoms with van der Waals surface area (Å²) in [6, 6.07) is 3.78. The molecule has 8 nitrogen and oxygen atoms in total. The SMILES string of the molecule is Nc1ncnc2c1ncn2-c1nc2cc(F)ccc2c(=O)[nH]1. The van der Waals surface area contributed by atoms with E-state index in [0.717, 1.165) is 0 Å². The first-order chi connectivity index (χ1) is 10.6. The molecule has 0 aliphatic rings. The Balaban J connectivity index is 2.04. The van der Waals surface area contributed by atoms with Gasteiger partial charge in [0.15, 0.2) is 17.0 Å². The standard InChI is InChI=1S/C13H8FN7O/c14-6-1-2-7-8(3-6)19-13(20-12(7)22)21-5-18-9-10(15)16-4-17-11(9)21/h1-5H,(H2,15,16,17)(H,19,20,22). The van der Waals surface area contributed by atoms with Gasteiger partial charge in [-0.25, -0.2) is 24.3 Å². The molecule has 22 heavy (non-hydrogen) atoms. The highest BCUT2D eigenvalue weighted by molar-refractivity contribution is 5.83. The highest BCUT2D eigenvalue weighted by Gasteiger charge is 2.12. The summed E-state index contributed by atoms with van der Waals surface area (Å²) in [7, 11) is 0. The minimum absolute atomic E-state index is 0.170. The molecule has 0 atom stereocenters. The van der Waals surface area contributed by atoms with Crippen molar-refractivity contribution < 1.29 is 4.39 Å². The van der Waals surface area contributed by atoms with Crippen LogP contribution in [0.15, 0.2) is 35.6 Å². The summed E-state index contributed by atoms with van der Waals surface area (Å²) in [5, 5.41) is 0.295. The Morgan fingerprint density at radius 1 is 1.23 bits per heavy atom. The number of aromatic amines is 1. The average molecular weight is 297 g/mol. The molecule has 3 heterocycles. The predicted molar refractivity (Wildman–Crippen MR) is 77.0 cm³/mol. The summed E-state index contributed by atoms with van der Waals surface area (Å²) in [4.78, 5) is 31.0. The van der Waals surface area contributed by atoms with Crippen molar-refractivity contribution in [2.45, 2.75) is 0 Å². The molecule has 0 saturated heterocycles. The molecule has 0 saturated carbocycles. The van der Waals surface area contributed by atoms with E-state index in [1.165, 1.54) is 35.4 Å². The van der Waals surface area contributed by atoms with E-state index < -0.39 is 5.82 Å². The highest BCUT2D eigenvalue weighted by Crippen LogP contribution is 2.17. The van der Waals surface area contributed by atoms with Crippen LogP contribution in [-0.4, -0.2) is 29.5 Å². The minimum Gasteiger partial charge on any atom is -0.382 e. The number of hydrogen-bond acceptors (Lipinski definition) is 6. The van der Waals surface area contributed by atoms with E-state index in [4.69, 9.17) is 5.73 Å². The van der Waals surface area contributed by atoms with Gasteiger partial charge in [0.05, 0.1) is 10.9 Å². The first-order valence-corrected chi connectivity index (χ1v) is 6.27. The fourth-order valence-corrected chi connectivity index (χ4v) is 2.22. The van der Waals surface area contributed by atoms with Crippen LogP contribution < -0.4 is 11.3 Å². The molecule has 4 rings (SSSR count). The fraction of sp³-hybridized carbons (Fsp3) is 0. The molecule has 0 radical (unpaired) electrons. The zero-order valence-electron chi connectivity index (χ0n) is 11.0. The van der Waals surface area contributed by atoms with Crippen LogP contribution >= 0.6 is 0 Å². The number of aromatic nitrogens is 6. The highest BCUT2D eigenvalue weighted by atomic mass is 19.1. The number of anilines is 1. The zero-order chi connectivity index (χ0) is 15.3. The molecule has 0 amide bonds. The van der Waals surface area contributed by atoms with Gasteiger partial charge < -0.3 is 5.73 Å². The van der Waals surface area contributed by atoms with Crippen molar-refractivity contribution >= 4 is 27.9 Å². The number of nitrogens with one attached hydrogen (secondary N) is 1. The zero-order valence-corrected chi connectivity index (χ0v) is 11.0. The number of nitrogens with zero attached hydrogens (tertiary/aromatic N) is 5. The Bertz CT molecular complexity index is 1080. The monoisotopic (exact) mass is 297 g/mol. The second kappa shape index (κ2) is 4.32. The number of H-pyrrole nitrogens is 1. The smallest absolute Gasteiger partial charge is 0.260 e. The number of halogens is 1. The van der Waals surface area contributed by atoms with Gasteiger partial charge in [-0.1, -0.05) is 0 Å². The lowest BCUT2D eigenvalue weighted by Crippen LogP contribution is -2.13. The van der Waals surface area contributed by atoms with Crippen molar-refractivity contribution in [3.05, 3.63) is 47.0 Å². The van der Waals surface area contributed by atoms with E-state index in [9.17, 15) is 9.18 Å². The van der Waals surface area contributed by atoms with E-state index in [1.807, 2.05) is 0 Å². The van der Waals surface area contributed by atoms with Crippen molar-refractivity contribution in [3.8, 4) is 5.95 Å². The third-order valence-electron chi connectivity index (χ3n) is 3.25. The largest absolute Gasteiger partial charge is 0.382 e. The Hall–Kier alpha value is -3.36. The third kappa shape index (κ3) is 1.72. The van der Waals surface area contributed by atoms with Gasteiger partial charge in [-0.05, 0) is 12.1 Å². The molecule has 4 aromatic rings. The van der Waals surface area contributed by atoms with E-state index in [1.54, 1.807) is 0 Å². The van der Waals surface area contributed by atoms with Gasteiger partial charge in [0.1, 0.15) is 18.5 Å². The maximum atomic E-state index is 13.3. The first kappa shape index (κ1) is 12.4. The van der Waals surface area contributed by atoms with E-state index in [-0.39, 0.29) is 22.8 Å². The number of rotatable bonds is 1.